The van der Waals surface area contributed by atoms with Crippen LogP contribution in [0, 0.1) is 11.2 Å². The fourth-order valence-corrected chi connectivity index (χ4v) is 5.94. The van der Waals surface area contributed by atoms with Crippen LogP contribution in [0.5, 0.6) is 0 Å². The molecule has 4 aliphatic rings. The maximum atomic E-state index is 14.9. The quantitative estimate of drug-likeness (QED) is 0.577. The van der Waals surface area contributed by atoms with E-state index in [-0.39, 0.29) is 23.7 Å². The number of hydrogen-bond acceptors (Lipinski definition) is 7. The molecule has 2 aromatic rings. The van der Waals surface area contributed by atoms with Crippen molar-refractivity contribution in [3.8, 4) is 0 Å². The Morgan fingerprint density at radius 3 is 2.63 bits per heavy atom. The Morgan fingerprint density at radius 2 is 1.91 bits per heavy atom. The maximum Gasteiger partial charge on any atom is 0.244 e. The van der Waals surface area contributed by atoms with Crippen molar-refractivity contribution in [2.45, 2.75) is 44.6 Å². The van der Waals surface area contributed by atoms with Crippen LogP contribution in [0.1, 0.15) is 37.7 Å². The van der Waals surface area contributed by atoms with Gasteiger partial charge in [-0.2, -0.15) is 4.98 Å². The third-order valence-electron chi connectivity index (χ3n) is 7.81. The lowest BCUT2D eigenvalue weighted by Crippen LogP contribution is -2.56. The van der Waals surface area contributed by atoms with Gasteiger partial charge in [0, 0.05) is 62.6 Å². The zero-order valence-electron chi connectivity index (χ0n) is 19.6. The lowest BCUT2D eigenvalue weighted by Gasteiger charge is -2.40. The molecule has 4 heterocycles. The molecule has 0 radical (unpaired) electrons. The summed E-state index contributed by atoms with van der Waals surface area (Å²) in [5.74, 6) is 0.233. The van der Waals surface area contributed by atoms with E-state index in [1.54, 1.807) is 17.2 Å². The lowest BCUT2D eigenvalue weighted by atomic mass is 9.76. The number of piperazine rings is 1. The van der Waals surface area contributed by atoms with Crippen molar-refractivity contribution in [3.05, 3.63) is 35.8 Å². The summed E-state index contributed by atoms with van der Waals surface area (Å²) in [7, 11) is 0. The Kier molecular flexibility index (Phi) is 5.55. The molecule has 3 aliphatic heterocycles. The topological polar surface area (TPSA) is 102 Å². The van der Waals surface area contributed by atoms with Crippen LogP contribution in [0.25, 0.3) is 0 Å². The van der Waals surface area contributed by atoms with Gasteiger partial charge in [-0.3, -0.25) is 14.5 Å². The third-order valence-corrected chi connectivity index (χ3v) is 7.81. The second kappa shape index (κ2) is 8.75. The van der Waals surface area contributed by atoms with Crippen molar-refractivity contribution >= 4 is 35.0 Å². The summed E-state index contributed by atoms with van der Waals surface area (Å²) >= 11 is 0. The van der Waals surface area contributed by atoms with Crippen LogP contribution in [-0.2, 0) is 16.0 Å². The second-order valence-electron chi connectivity index (χ2n) is 9.95. The van der Waals surface area contributed by atoms with Crippen molar-refractivity contribution in [1.82, 2.24) is 20.6 Å². The first kappa shape index (κ1) is 22.2. The smallest absolute Gasteiger partial charge is 0.244 e. The number of nitrogens with one attached hydrogen (secondary N) is 3. The standard InChI is InChI=1S/C25H30FN7O2/c26-19-13-17(5-6-20(19)32-11-9-27-10-12-32)30-24-29-15-16-14-25(7-8-28-22(25)34)23(35)33(21(16)31-24)18-3-1-2-4-18/h5-6,13,15,18,27H,1-4,7-12,14H2,(H,28,34)(H,29,30,31)/t25-/m1/s1. The van der Waals surface area contributed by atoms with Gasteiger partial charge in [0.15, 0.2) is 0 Å². The van der Waals surface area contributed by atoms with Crippen LogP contribution >= 0.6 is 0 Å². The van der Waals surface area contributed by atoms with Gasteiger partial charge in [0.05, 0.1) is 5.69 Å². The van der Waals surface area contributed by atoms with Crippen LogP contribution in [0.4, 0.5) is 27.5 Å². The molecule has 1 aliphatic carbocycles. The van der Waals surface area contributed by atoms with Crippen molar-refractivity contribution in [2.24, 2.45) is 5.41 Å². The molecule has 3 N–H and O–H groups in total. The van der Waals surface area contributed by atoms with E-state index in [1.165, 1.54) is 6.07 Å². The van der Waals surface area contributed by atoms with E-state index < -0.39 is 5.41 Å². The van der Waals surface area contributed by atoms with Crippen LogP contribution in [0.15, 0.2) is 24.4 Å². The predicted octanol–water partition coefficient (Wildman–Crippen LogP) is 2.11. The molecule has 0 bridgehead atoms. The number of fused-ring (bicyclic) bond motifs is 1. The molecule has 0 unspecified atom stereocenters. The van der Waals surface area contributed by atoms with E-state index >= 15 is 0 Å². The van der Waals surface area contributed by atoms with Crippen molar-refractivity contribution in [1.29, 1.82) is 0 Å². The first-order chi connectivity index (χ1) is 17.0. The average Bonchev–Trinajstić information content (AvgIpc) is 3.52. The van der Waals surface area contributed by atoms with E-state index in [1.807, 2.05) is 11.0 Å². The maximum absolute atomic E-state index is 14.9. The Labute approximate surface area is 203 Å². The number of anilines is 4. The van der Waals surface area contributed by atoms with Crippen LogP contribution in [-0.4, -0.2) is 60.5 Å². The van der Waals surface area contributed by atoms with Gasteiger partial charge in [0.25, 0.3) is 0 Å². The molecule has 3 fully saturated rings. The molecule has 10 heteroatoms. The number of aromatic nitrogens is 2. The van der Waals surface area contributed by atoms with Gasteiger partial charge in [-0.15, -0.1) is 0 Å². The highest BCUT2D eigenvalue weighted by Crippen LogP contribution is 2.44. The monoisotopic (exact) mass is 479 g/mol. The Balaban J connectivity index is 1.30. The molecule has 35 heavy (non-hydrogen) atoms. The normalized spacial score (nSPS) is 24.7. The average molecular weight is 480 g/mol. The molecule has 184 valence electrons. The van der Waals surface area contributed by atoms with Gasteiger partial charge >= 0.3 is 0 Å². The lowest BCUT2D eigenvalue weighted by molar-refractivity contribution is -0.140. The molecule has 9 nitrogen and oxygen atoms in total. The zero-order chi connectivity index (χ0) is 24.0. The Hall–Kier alpha value is -3.27. The summed E-state index contributed by atoms with van der Waals surface area (Å²) in [6.45, 7) is 3.71. The minimum Gasteiger partial charge on any atom is -0.367 e. The fraction of sp³-hybridized carbons (Fsp3) is 0.520. The number of rotatable bonds is 4. The van der Waals surface area contributed by atoms with Crippen molar-refractivity contribution < 1.29 is 14.0 Å². The van der Waals surface area contributed by atoms with Crippen molar-refractivity contribution in [2.75, 3.05) is 47.8 Å². The van der Waals surface area contributed by atoms with Gasteiger partial charge in [-0.05, 0) is 37.5 Å². The minimum absolute atomic E-state index is 0.0327. The molecular formula is C25H30FN7O2. The molecule has 1 aromatic carbocycles. The number of amides is 2. The molecule has 1 spiro atoms. The molecule has 1 aromatic heterocycles. The first-order valence-electron chi connectivity index (χ1n) is 12.6. The van der Waals surface area contributed by atoms with Gasteiger partial charge in [0.1, 0.15) is 17.1 Å². The highest BCUT2D eigenvalue weighted by atomic mass is 19.1. The van der Waals surface area contributed by atoms with E-state index in [9.17, 15) is 14.0 Å². The summed E-state index contributed by atoms with van der Waals surface area (Å²) in [5, 5.41) is 9.23. The largest absolute Gasteiger partial charge is 0.367 e. The van der Waals surface area contributed by atoms with E-state index in [2.05, 4.69) is 20.9 Å². The summed E-state index contributed by atoms with van der Waals surface area (Å²) < 4.78 is 14.9. The predicted molar refractivity (Wildman–Crippen MR) is 130 cm³/mol. The van der Waals surface area contributed by atoms with Gasteiger partial charge < -0.3 is 20.9 Å². The molecule has 1 atom stereocenters. The molecular weight excluding hydrogens is 449 g/mol. The second-order valence-corrected chi connectivity index (χ2v) is 9.95. The number of carbonyl (C=O) groups is 2. The number of hydrogen-bond donors (Lipinski definition) is 3. The number of benzene rings is 1. The van der Waals surface area contributed by atoms with E-state index in [0.717, 1.165) is 57.4 Å². The fourth-order valence-electron chi connectivity index (χ4n) is 5.94. The molecule has 6 rings (SSSR count). The molecule has 2 amide bonds. The highest BCUT2D eigenvalue weighted by Gasteiger charge is 2.56. The van der Waals surface area contributed by atoms with Crippen LogP contribution in [0.2, 0.25) is 0 Å². The van der Waals surface area contributed by atoms with Crippen molar-refractivity contribution in [3.63, 3.8) is 0 Å². The third kappa shape index (κ3) is 3.80. The highest BCUT2D eigenvalue weighted by molar-refractivity contribution is 6.14. The zero-order valence-corrected chi connectivity index (χ0v) is 19.6. The Morgan fingerprint density at radius 1 is 1.11 bits per heavy atom. The number of nitrogens with zero attached hydrogens (tertiary/aromatic N) is 4. The summed E-state index contributed by atoms with van der Waals surface area (Å²) in [6.07, 6.45) is 6.41. The van der Waals surface area contributed by atoms with E-state index in [0.29, 0.717) is 42.5 Å². The SMILES string of the molecule is O=C1NCC[C@@]12Cc1cnc(Nc3ccc(N4CCNCC4)c(F)c3)nc1N(C1CCCC1)C2=O. The van der Waals surface area contributed by atoms with Crippen LogP contribution in [0.3, 0.4) is 0 Å². The summed E-state index contributed by atoms with van der Waals surface area (Å²) in [4.78, 5) is 39.5. The first-order valence-corrected chi connectivity index (χ1v) is 12.6. The van der Waals surface area contributed by atoms with E-state index in [4.69, 9.17) is 4.98 Å². The van der Waals surface area contributed by atoms with Gasteiger partial charge in [-0.1, -0.05) is 12.8 Å². The van der Waals surface area contributed by atoms with Crippen LogP contribution < -0.4 is 25.8 Å². The minimum atomic E-state index is -1.06. The van der Waals surface area contributed by atoms with Gasteiger partial charge in [0.2, 0.25) is 17.8 Å². The summed E-state index contributed by atoms with van der Waals surface area (Å²) in [6, 6.07) is 5.09. The summed E-state index contributed by atoms with van der Waals surface area (Å²) in [5.41, 5.74) is 0.875. The van der Waals surface area contributed by atoms with Gasteiger partial charge in [-0.25, -0.2) is 9.37 Å². The molecule has 1 saturated carbocycles. The number of halogens is 1. The Bertz CT molecular complexity index is 1160. The number of carbonyl (C=O) groups excluding carboxylic acids is 2. The molecule has 2 saturated heterocycles.